The Kier molecular flexibility index (Phi) is 6.22. The third-order valence-electron chi connectivity index (χ3n) is 4.53. The summed E-state index contributed by atoms with van der Waals surface area (Å²) in [7, 11) is 0. The lowest BCUT2D eigenvalue weighted by Crippen LogP contribution is -2.61. The number of ether oxygens (including phenoxy) is 1. The van der Waals surface area contributed by atoms with Crippen LogP contribution >= 0.6 is 0 Å². The molecule has 2 unspecified atom stereocenters. The lowest BCUT2D eigenvalue weighted by molar-refractivity contribution is 0.0189. The Labute approximate surface area is 129 Å². The lowest BCUT2D eigenvalue weighted by atomic mass is 9.87. The summed E-state index contributed by atoms with van der Waals surface area (Å²) in [5.74, 6) is 0. The molecule has 1 aliphatic rings. The molecule has 0 bridgehead atoms. The van der Waals surface area contributed by atoms with E-state index in [1.54, 1.807) is 0 Å². The minimum Gasteiger partial charge on any atom is -0.380 e. The van der Waals surface area contributed by atoms with Crippen molar-refractivity contribution < 1.29 is 4.74 Å². The summed E-state index contributed by atoms with van der Waals surface area (Å²) in [5.41, 5.74) is 1.44. The fourth-order valence-corrected chi connectivity index (χ4v) is 3.02. The first-order valence-corrected chi connectivity index (χ1v) is 8.28. The Bertz CT molecular complexity index is 409. The van der Waals surface area contributed by atoms with Gasteiger partial charge in [-0.1, -0.05) is 43.7 Å². The van der Waals surface area contributed by atoms with Crippen molar-refractivity contribution in [3.05, 3.63) is 35.9 Å². The Balaban J connectivity index is 1.99. The molecule has 1 N–H and O–H groups in total. The van der Waals surface area contributed by atoms with E-state index in [0.717, 1.165) is 39.3 Å². The molecule has 0 amide bonds. The molecule has 1 aliphatic heterocycles. The molecule has 118 valence electrons. The predicted octanol–water partition coefficient (Wildman–Crippen LogP) is 3.01. The van der Waals surface area contributed by atoms with Crippen LogP contribution in [0.4, 0.5) is 0 Å². The monoisotopic (exact) mass is 290 g/mol. The standard InChI is InChI=1S/C18H30N2O/c1-4-5-12-21-13-11-20-14-16(2)19-15-18(20,3)17-9-7-6-8-10-17/h6-10,16,19H,4-5,11-15H2,1-3H3. The zero-order valence-corrected chi connectivity index (χ0v) is 13.8. The minimum absolute atomic E-state index is 0.0574. The first kappa shape index (κ1) is 16.5. The summed E-state index contributed by atoms with van der Waals surface area (Å²) in [6.07, 6.45) is 2.36. The van der Waals surface area contributed by atoms with E-state index in [2.05, 4.69) is 61.3 Å². The molecule has 2 atom stereocenters. The molecule has 0 aliphatic carbocycles. The summed E-state index contributed by atoms with van der Waals surface area (Å²) in [6.45, 7) is 11.6. The smallest absolute Gasteiger partial charge is 0.0593 e. The third-order valence-corrected chi connectivity index (χ3v) is 4.53. The fourth-order valence-electron chi connectivity index (χ4n) is 3.02. The summed E-state index contributed by atoms with van der Waals surface area (Å²) < 4.78 is 5.78. The van der Waals surface area contributed by atoms with Crippen molar-refractivity contribution in [3.8, 4) is 0 Å². The molecule has 3 heteroatoms. The molecule has 1 heterocycles. The molecular weight excluding hydrogens is 260 g/mol. The fraction of sp³-hybridized carbons (Fsp3) is 0.667. The van der Waals surface area contributed by atoms with Crippen LogP contribution in [0.15, 0.2) is 30.3 Å². The van der Waals surface area contributed by atoms with Gasteiger partial charge in [0.25, 0.3) is 0 Å². The molecule has 2 rings (SSSR count). The number of nitrogens with zero attached hydrogens (tertiary/aromatic N) is 1. The number of rotatable bonds is 7. The summed E-state index contributed by atoms with van der Waals surface area (Å²) in [6, 6.07) is 11.4. The van der Waals surface area contributed by atoms with E-state index in [1.165, 1.54) is 12.0 Å². The normalized spacial score (nSPS) is 26.9. The van der Waals surface area contributed by atoms with Crippen molar-refractivity contribution in [2.45, 2.75) is 45.2 Å². The van der Waals surface area contributed by atoms with Crippen LogP contribution < -0.4 is 5.32 Å². The largest absolute Gasteiger partial charge is 0.380 e. The zero-order chi connectivity index (χ0) is 15.1. The van der Waals surface area contributed by atoms with Crippen LogP contribution in [0.3, 0.4) is 0 Å². The van der Waals surface area contributed by atoms with Crippen molar-refractivity contribution in [1.29, 1.82) is 0 Å². The first-order valence-electron chi connectivity index (χ1n) is 8.28. The molecule has 1 aromatic rings. The average molecular weight is 290 g/mol. The van der Waals surface area contributed by atoms with Gasteiger partial charge in [-0.2, -0.15) is 0 Å². The van der Waals surface area contributed by atoms with Gasteiger partial charge in [-0.15, -0.1) is 0 Å². The van der Waals surface area contributed by atoms with E-state index in [1.807, 2.05) is 0 Å². The Morgan fingerprint density at radius 1 is 1.29 bits per heavy atom. The van der Waals surface area contributed by atoms with Gasteiger partial charge in [0.05, 0.1) is 12.1 Å². The maximum Gasteiger partial charge on any atom is 0.0593 e. The SMILES string of the molecule is CCCCOCCN1CC(C)NCC1(C)c1ccccc1. The van der Waals surface area contributed by atoms with E-state index in [4.69, 9.17) is 4.74 Å². The minimum atomic E-state index is 0.0574. The second-order valence-electron chi connectivity index (χ2n) is 6.33. The maximum atomic E-state index is 5.78. The molecule has 21 heavy (non-hydrogen) atoms. The predicted molar refractivity (Wildman–Crippen MR) is 88.6 cm³/mol. The van der Waals surface area contributed by atoms with Gasteiger partial charge in [0.2, 0.25) is 0 Å². The van der Waals surface area contributed by atoms with Gasteiger partial charge in [0, 0.05) is 32.3 Å². The van der Waals surface area contributed by atoms with Gasteiger partial charge >= 0.3 is 0 Å². The van der Waals surface area contributed by atoms with Gasteiger partial charge < -0.3 is 10.1 Å². The molecule has 0 radical (unpaired) electrons. The highest BCUT2D eigenvalue weighted by molar-refractivity contribution is 5.25. The number of unbranched alkanes of at least 4 members (excludes halogenated alkanes) is 1. The van der Waals surface area contributed by atoms with Crippen LogP contribution in [-0.2, 0) is 10.3 Å². The summed E-state index contributed by atoms with van der Waals surface area (Å²) >= 11 is 0. The van der Waals surface area contributed by atoms with E-state index in [0.29, 0.717) is 6.04 Å². The van der Waals surface area contributed by atoms with Crippen LogP contribution in [0, 0.1) is 0 Å². The summed E-state index contributed by atoms with van der Waals surface area (Å²) in [4.78, 5) is 2.58. The lowest BCUT2D eigenvalue weighted by Gasteiger charge is -2.48. The van der Waals surface area contributed by atoms with E-state index in [9.17, 15) is 0 Å². The van der Waals surface area contributed by atoms with Crippen molar-refractivity contribution in [3.63, 3.8) is 0 Å². The van der Waals surface area contributed by atoms with Gasteiger partial charge in [0.15, 0.2) is 0 Å². The molecule has 0 saturated carbocycles. The molecule has 1 aromatic carbocycles. The van der Waals surface area contributed by atoms with E-state index in [-0.39, 0.29) is 5.54 Å². The average Bonchev–Trinajstić information content (AvgIpc) is 2.51. The third kappa shape index (κ3) is 4.29. The van der Waals surface area contributed by atoms with Crippen LogP contribution in [0.2, 0.25) is 0 Å². The zero-order valence-electron chi connectivity index (χ0n) is 13.8. The molecule has 0 aromatic heterocycles. The van der Waals surface area contributed by atoms with Gasteiger partial charge in [-0.3, -0.25) is 4.90 Å². The number of piperazine rings is 1. The molecule has 1 fully saturated rings. The van der Waals surface area contributed by atoms with E-state index < -0.39 is 0 Å². The molecule has 0 spiro atoms. The van der Waals surface area contributed by atoms with Crippen molar-refractivity contribution in [2.75, 3.05) is 32.8 Å². The van der Waals surface area contributed by atoms with E-state index >= 15 is 0 Å². The van der Waals surface area contributed by atoms with Crippen molar-refractivity contribution >= 4 is 0 Å². The Morgan fingerprint density at radius 2 is 2.05 bits per heavy atom. The second-order valence-corrected chi connectivity index (χ2v) is 6.33. The maximum absolute atomic E-state index is 5.78. The van der Waals surface area contributed by atoms with Gasteiger partial charge in [0.1, 0.15) is 0 Å². The van der Waals surface area contributed by atoms with Gasteiger partial charge in [-0.05, 0) is 25.8 Å². The molecule has 1 saturated heterocycles. The molecule has 3 nitrogen and oxygen atoms in total. The summed E-state index contributed by atoms with van der Waals surface area (Å²) in [5, 5.41) is 3.63. The second kappa shape index (κ2) is 7.92. The number of benzene rings is 1. The van der Waals surface area contributed by atoms with Gasteiger partial charge in [-0.25, -0.2) is 0 Å². The number of hydrogen-bond donors (Lipinski definition) is 1. The molecular formula is C18H30N2O. The quantitative estimate of drug-likeness (QED) is 0.781. The Hall–Kier alpha value is -0.900. The topological polar surface area (TPSA) is 24.5 Å². The van der Waals surface area contributed by atoms with Crippen LogP contribution in [0.5, 0.6) is 0 Å². The highest BCUT2D eigenvalue weighted by Crippen LogP contribution is 2.30. The van der Waals surface area contributed by atoms with Crippen molar-refractivity contribution in [1.82, 2.24) is 10.2 Å². The number of nitrogens with one attached hydrogen (secondary N) is 1. The number of hydrogen-bond acceptors (Lipinski definition) is 3. The highest BCUT2D eigenvalue weighted by atomic mass is 16.5. The highest BCUT2D eigenvalue weighted by Gasteiger charge is 2.37. The van der Waals surface area contributed by atoms with Crippen LogP contribution in [0.25, 0.3) is 0 Å². The Morgan fingerprint density at radius 3 is 2.76 bits per heavy atom. The first-order chi connectivity index (χ1) is 10.2. The van der Waals surface area contributed by atoms with Crippen LogP contribution in [-0.4, -0.2) is 43.8 Å². The van der Waals surface area contributed by atoms with Crippen LogP contribution in [0.1, 0.15) is 39.2 Å². The van der Waals surface area contributed by atoms with Crippen molar-refractivity contribution in [2.24, 2.45) is 0 Å².